The molecule has 2 atom stereocenters. The zero-order valence-electron chi connectivity index (χ0n) is 20.4. The van der Waals surface area contributed by atoms with Gasteiger partial charge in [-0.25, -0.2) is 9.59 Å². The smallest absolute Gasteiger partial charge is 0.407 e. The van der Waals surface area contributed by atoms with Gasteiger partial charge in [0, 0.05) is 24.1 Å². The van der Waals surface area contributed by atoms with Crippen molar-refractivity contribution in [2.24, 2.45) is 5.16 Å². The van der Waals surface area contributed by atoms with Crippen molar-refractivity contribution >= 4 is 36.5 Å². The van der Waals surface area contributed by atoms with Crippen molar-refractivity contribution in [3.63, 3.8) is 0 Å². The number of benzene rings is 2. The van der Waals surface area contributed by atoms with Gasteiger partial charge < -0.3 is 30.1 Å². The molecule has 3 rings (SSSR count). The number of carbonyl (C=O) groups excluding carboxylic acids is 2. The van der Waals surface area contributed by atoms with Crippen LogP contribution in [0.5, 0.6) is 0 Å². The fourth-order valence-corrected chi connectivity index (χ4v) is 4.81. The third-order valence-electron chi connectivity index (χ3n) is 5.47. The molecule has 0 heterocycles. The molecule has 0 radical (unpaired) electrons. The number of fused-ring (bicyclic) bond motifs is 3. The highest BCUT2D eigenvalue weighted by Gasteiger charge is 2.30. The van der Waals surface area contributed by atoms with Gasteiger partial charge in [-0.1, -0.05) is 48.5 Å². The predicted octanol–water partition coefficient (Wildman–Crippen LogP) is 2.72. The molecule has 194 valence electrons. The first kappa shape index (κ1) is 28.7. The van der Waals surface area contributed by atoms with Crippen LogP contribution in [0.25, 0.3) is 11.1 Å². The molecule has 1 aliphatic carbocycles. The number of nitrogens with zero attached hydrogens (tertiary/aromatic N) is 1. The molecule has 0 fully saturated rings. The van der Waals surface area contributed by atoms with E-state index in [4.69, 9.17) is 4.74 Å². The van der Waals surface area contributed by atoms with Crippen molar-refractivity contribution in [2.75, 3.05) is 39.4 Å². The molecule has 36 heavy (non-hydrogen) atoms. The van der Waals surface area contributed by atoms with Crippen molar-refractivity contribution in [2.45, 2.75) is 18.0 Å². The summed E-state index contributed by atoms with van der Waals surface area (Å²) in [7, 11) is 4.36. The molecule has 0 spiro atoms. The molecule has 2 aromatic carbocycles. The maximum absolute atomic E-state index is 12.4. The number of amides is 1. The van der Waals surface area contributed by atoms with E-state index in [0.717, 1.165) is 22.3 Å². The van der Waals surface area contributed by atoms with Crippen LogP contribution in [-0.2, 0) is 23.9 Å². The third kappa shape index (κ3) is 7.72. The van der Waals surface area contributed by atoms with Crippen LogP contribution in [0, 0.1) is 0 Å². The number of thioether (sulfide) groups is 1. The Bertz CT molecular complexity index is 1000. The van der Waals surface area contributed by atoms with E-state index in [0.29, 0.717) is 5.75 Å². The number of ether oxygens (including phenoxy) is 2. The maximum Gasteiger partial charge on any atom is 0.407 e. The number of methoxy groups -OCH3 is 1. The number of likely N-dealkylation sites (N-methyl/N-ethyl adjacent to an activating group) is 1. The highest BCUT2D eigenvalue weighted by Crippen LogP contribution is 2.44. The lowest BCUT2D eigenvalue weighted by atomic mass is 9.98. The van der Waals surface area contributed by atoms with Gasteiger partial charge in [-0.2, -0.15) is 11.8 Å². The maximum atomic E-state index is 12.4. The van der Waals surface area contributed by atoms with Gasteiger partial charge in [-0.05, 0) is 29.3 Å². The van der Waals surface area contributed by atoms with Gasteiger partial charge in [-0.3, -0.25) is 4.79 Å². The molecule has 1 amide bonds. The van der Waals surface area contributed by atoms with E-state index < -0.39 is 30.1 Å². The minimum atomic E-state index is -1.18. The minimum absolute atomic E-state index is 0.0781. The van der Waals surface area contributed by atoms with Crippen LogP contribution in [0.3, 0.4) is 0 Å². The van der Waals surface area contributed by atoms with E-state index in [2.05, 4.69) is 32.1 Å². The Morgan fingerprint density at radius 1 is 1.03 bits per heavy atom. The van der Waals surface area contributed by atoms with Crippen LogP contribution in [-0.4, -0.2) is 81.3 Å². The summed E-state index contributed by atoms with van der Waals surface area (Å²) in [5.74, 6) is -1.34. The Labute approximate surface area is 214 Å². The fourth-order valence-electron chi connectivity index (χ4n) is 3.67. The van der Waals surface area contributed by atoms with E-state index >= 15 is 0 Å². The van der Waals surface area contributed by atoms with Gasteiger partial charge in [0.1, 0.15) is 25.8 Å². The number of carboxylic acids is 1. The lowest BCUT2D eigenvalue weighted by molar-refractivity contribution is -0.142. The molecule has 10 nitrogen and oxygen atoms in total. The van der Waals surface area contributed by atoms with Crippen molar-refractivity contribution in [1.29, 1.82) is 0 Å². The van der Waals surface area contributed by atoms with Crippen molar-refractivity contribution in [3.05, 3.63) is 59.7 Å². The number of aliphatic carboxylic acids is 1. The summed E-state index contributed by atoms with van der Waals surface area (Å²) >= 11 is 1.22. The first-order valence-corrected chi connectivity index (χ1v) is 12.2. The molecule has 1 aliphatic rings. The standard InChI is InChI=1S/C23H26N2O6S.C2H5NO/c1-24-20(22(28)30-2)13-32-12-19(21(26)27)25-23(29)31-11-18-16-9-5-3-7-14(16)15-8-4-6-10-17(15)18;1-3-4-2/h3-10,18-20,24H,11-13H2,1-2H3,(H,25,29)(H,26,27);1H2,2H3. The quantitative estimate of drug-likeness (QED) is 0.233. The number of oxime groups is 1. The fraction of sp³-hybridized carbons (Fsp3) is 0.360. The molecular weight excluding hydrogens is 486 g/mol. The lowest BCUT2D eigenvalue weighted by Crippen LogP contribution is -2.44. The summed E-state index contributed by atoms with van der Waals surface area (Å²) in [5.41, 5.74) is 4.38. The number of hydrogen-bond donors (Lipinski definition) is 3. The van der Waals surface area contributed by atoms with E-state index in [1.165, 1.54) is 26.0 Å². The second kappa shape index (κ2) is 14.7. The highest BCUT2D eigenvalue weighted by molar-refractivity contribution is 7.99. The van der Waals surface area contributed by atoms with Crippen LogP contribution in [0.4, 0.5) is 4.79 Å². The Kier molecular flexibility index (Phi) is 11.7. The number of hydrogen-bond acceptors (Lipinski definition) is 9. The average Bonchev–Trinajstić information content (AvgIpc) is 3.22. The number of nitrogens with one attached hydrogen (secondary N) is 2. The van der Waals surface area contributed by atoms with E-state index in [9.17, 15) is 19.5 Å². The summed E-state index contributed by atoms with van der Waals surface area (Å²) in [6, 6.07) is 14.2. The monoisotopic (exact) mass is 517 g/mol. The van der Waals surface area contributed by atoms with Gasteiger partial charge in [0.2, 0.25) is 0 Å². The highest BCUT2D eigenvalue weighted by atomic mass is 32.2. The Balaban J connectivity index is 0.00000106. The number of esters is 1. The van der Waals surface area contributed by atoms with Gasteiger partial charge >= 0.3 is 18.0 Å². The summed E-state index contributed by atoms with van der Waals surface area (Å²) in [6.07, 6.45) is -0.794. The molecule has 3 N–H and O–H groups in total. The topological polar surface area (TPSA) is 136 Å². The predicted molar refractivity (Wildman–Crippen MR) is 138 cm³/mol. The molecule has 0 aliphatic heterocycles. The van der Waals surface area contributed by atoms with Crippen LogP contribution in [0.1, 0.15) is 17.0 Å². The first-order valence-electron chi connectivity index (χ1n) is 11.0. The van der Waals surface area contributed by atoms with Crippen molar-refractivity contribution in [3.8, 4) is 11.1 Å². The molecule has 0 saturated heterocycles. The molecular formula is C25H31N3O7S. The second-order valence-corrected chi connectivity index (χ2v) is 8.65. The van der Waals surface area contributed by atoms with Crippen LogP contribution in [0.15, 0.2) is 53.7 Å². The first-order chi connectivity index (χ1) is 17.4. The van der Waals surface area contributed by atoms with Gasteiger partial charge in [0.05, 0.1) is 7.11 Å². The number of rotatable bonds is 11. The van der Waals surface area contributed by atoms with Crippen molar-refractivity contribution in [1.82, 2.24) is 10.6 Å². The Hall–Kier alpha value is -3.57. The summed E-state index contributed by atoms with van der Waals surface area (Å²) in [6.45, 7) is 3.11. The minimum Gasteiger partial charge on any atom is -0.480 e. The number of carboxylic acid groups (broad SMARTS) is 1. The molecule has 0 aromatic heterocycles. The van der Waals surface area contributed by atoms with Gasteiger partial charge in [-0.15, -0.1) is 5.16 Å². The lowest BCUT2D eigenvalue weighted by Gasteiger charge is -2.18. The molecule has 0 bridgehead atoms. The number of carbonyl (C=O) groups is 3. The average molecular weight is 518 g/mol. The normalized spacial score (nSPS) is 13.1. The summed E-state index contributed by atoms with van der Waals surface area (Å²) < 4.78 is 10.1. The van der Waals surface area contributed by atoms with E-state index in [-0.39, 0.29) is 18.3 Å². The molecule has 2 aromatic rings. The Morgan fingerprint density at radius 2 is 1.56 bits per heavy atom. The summed E-state index contributed by atoms with van der Waals surface area (Å²) in [4.78, 5) is 39.6. The van der Waals surface area contributed by atoms with E-state index in [1.807, 2.05) is 48.5 Å². The van der Waals surface area contributed by atoms with Crippen LogP contribution < -0.4 is 10.6 Å². The van der Waals surface area contributed by atoms with Crippen LogP contribution >= 0.6 is 11.8 Å². The SMILES string of the molecule is C=NOC.CNC(CSCC(NC(=O)OCC1c2ccccc2-c2ccccc21)C(=O)O)C(=O)OC. The summed E-state index contributed by atoms with van der Waals surface area (Å²) in [5, 5.41) is 17.6. The second-order valence-electron chi connectivity index (χ2n) is 7.57. The van der Waals surface area contributed by atoms with Crippen molar-refractivity contribution < 1.29 is 33.8 Å². The largest absolute Gasteiger partial charge is 0.480 e. The van der Waals surface area contributed by atoms with Crippen LogP contribution in [0.2, 0.25) is 0 Å². The Morgan fingerprint density at radius 3 is 2.03 bits per heavy atom. The van der Waals surface area contributed by atoms with Gasteiger partial charge in [0.25, 0.3) is 0 Å². The third-order valence-corrected chi connectivity index (χ3v) is 6.60. The van der Waals surface area contributed by atoms with E-state index in [1.54, 1.807) is 7.05 Å². The number of alkyl carbamates (subject to hydrolysis) is 1. The zero-order valence-corrected chi connectivity index (χ0v) is 21.2. The molecule has 11 heteroatoms. The van der Waals surface area contributed by atoms with Gasteiger partial charge in [0.15, 0.2) is 0 Å². The molecule has 2 unspecified atom stereocenters. The zero-order chi connectivity index (χ0) is 26.5. The molecule has 0 saturated carbocycles.